The highest BCUT2D eigenvalue weighted by Gasteiger charge is 2.10. The van der Waals surface area contributed by atoms with Crippen LogP contribution in [0.15, 0.2) is 23.0 Å². The second kappa shape index (κ2) is 4.74. The van der Waals surface area contributed by atoms with Crippen molar-refractivity contribution in [2.24, 2.45) is 0 Å². The van der Waals surface area contributed by atoms with Crippen LogP contribution in [0.2, 0.25) is 0 Å². The Kier molecular flexibility index (Phi) is 3.14. The molecule has 0 aromatic carbocycles. The number of anilines is 1. The van der Waals surface area contributed by atoms with E-state index in [0.717, 1.165) is 24.1 Å². The minimum Gasteiger partial charge on any atom is -0.338 e. The maximum atomic E-state index is 5.07. The molecule has 0 amide bonds. The van der Waals surface area contributed by atoms with Crippen molar-refractivity contribution in [1.29, 1.82) is 0 Å². The first-order valence-corrected chi connectivity index (χ1v) is 5.36. The Morgan fingerprint density at radius 3 is 3.00 bits per heavy atom. The number of aromatic nitrogens is 3. The minimum atomic E-state index is 0.455. The molecule has 0 aliphatic heterocycles. The topological polar surface area (TPSA) is 63.8 Å². The van der Waals surface area contributed by atoms with Crippen molar-refractivity contribution in [1.82, 2.24) is 15.1 Å². The minimum absolute atomic E-state index is 0.455. The zero-order valence-electron chi connectivity index (χ0n) is 9.40. The predicted molar refractivity (Wildman–Crippen MR) is 61.1 cm³/mol. The highest BCUT2D eigenvalue weighted by molar-refractivity contribution is 5.59. The highest BCUT2D eigenvalue weighted by atomic mass is 16.5. The van der Waals surface area contributed by atoms with Gasteiger partial charge in [-0.05, 0) is 25.0 Å². The van der Waals surface area contributed by atoms with E-state index in [0.29, 0.717) is 11.8 Å². The number of nitrogens with zero attached hydrogens (tertiary/aromatic N) is 3. The van der Waals surface area contributed by atoms with E-state index in [2.05, 4.69) is 27.4 Å². The van der Waals surface area contributed by atoms with E-state index in [1.54, 1.807) is 6.20 Å². The summed E-state index contributed by atoms with van der Waals surface area (Å²) in [5, 5.41) is 6.92. The van der Waals surface area contributed by atoms with Crippen molar-refractivity contribution >= 4 is 6.01 Å². The van der Waals surface area contributed by atoms with Crippen LogP contribution >= 0.6 is 0 Å². The summed E-state index contributed by atoms with van der Waals surface area (Å²) in [4.78, 5) is 8.35. The summed E-state index contributed by atoms with van der Waals surface area (Å²) in [7, 11) is 0. The molecular weight excluding hydrogens is 204 g/mol. The fourth-order valence-electron chi connectivity index (χ4n) is 1.48. The van der Waals surface area contributed by atoms with Gasteiger partial charge in [-0.15, -0.1) is 0 Å². The average Bonchev–Trinajstić information content (AvgIpc) is 2.78. The highest BCUT2D eigenvalue weighted by Crippen LogP contribution is 2.21. The molecule has 0 fully saturated rings. The van der Waals surface area contributed by atoms with Crippen molar-refractivity contribution in [3.63, 3.8) is 0 Å². The van der Waals surface area contributed by atoms with Gasteiger partial charge in [-0.1, -0.05) is 12.1 Å². The van der Waals surface area contributed by atoms with Crippen LogP contribution in [0.25, 0.3) is 11.4 Å². The first-order valence-electron chi connectivity index (χ1n) is 5.36. The molecule has 0 saturated carbocycles. The molecule has 84 valence electrons. The van der Waals surface area contributed by atoms with Crippen LogP contribution in [0.4, 0.5) is 6.01 Å². The van der Waals surface area contributed by atoms with Crippen LogP contribution in [0.1, 0.15) is 19.4 Å². The monoisotopic (exact) mass is 218 g/mol. The van der Waals surface area contributed by atoms with E-state index >= 15 is 0 Å². The van der Waals surface area contributed by atoms with Crippen LogP contribution in [-0.2, 0) is 6.42 Å². The van der Waals surface area contributed by atoms with Gasteiger partial charge in [0.15, 0.2) is 0 Å². The quantitative estimate of drug-likeness (QED) is 0.851. The largest absolute Gasteiger partial charge is 0.338 e. The van der Waals surface area contributed by atoms with Crippen LogP contribution in [0.5, 0.6) is 0 Å². The zero-order chi connectivity index (χ0) is 11.4. The van der Waals surface area contributed by atoms with Gasteiger partial charge in [-0.3, -0.25) is 4.98 Å². The molecule has 2 aromatic heterocycles. The second-order valence-electron chi connectivity index (χ2n) is 3.34. The molecule has 0 saturated heterocycles. The van der Waals surface area contributed by atoms with Crippen molar-refractivity contribution in [2.75, 3.05) is 11.9 Å². The third-order valence-corrected chi connectivity index (χ3v) is 2.28. The number of nitrogens with one attached hydrogen (secondary N) is 1. The summed E-state index contributed by atoms with van der Waals surface area (Å²) < 4.78 is 5.07. The first kappa shape index (κ1) is 10.6. The third kappa shape index (κ3) is 2.03. The molecule has 0 bridgehead atoms. The van der Waals surface area contributed by atoms with Gasteiger partial charge in [0, 0.05) is 24.5 Å². The lowest BCUT2D eigenvalue weighted by atomic mass is 10.1. The molecule has 2 heterocycles. The Balaban J connectivity index is 2.34. The van der Waals surface area contributed by atoms with Crippen LogP contribution < -0.4 is 5.32 Å². The van der Waals surface area contributed by atoms with Gasteiger partial charge in [0.25, 0.3) is 0 Å². The molecule has 2 rings (SSSR count). The van der Waals surface area contributed by atoms with Crippen LogP contribution in [0.3, 0.4) is 0 Å². The molecule has 0 atom stereocenters. The van der Waals surface area contributed by atoms with Gasteiger partial charge in [0.1, 0.15) is 0 Å². The van der Waals surface area contributed by atoms with E-state index in [4.69, 9.17) is 4.52 Å². The van der Waals surface area contributed by atoms with E-state index < -0.39 is 0 Å². The van der Waals surface area contributed by atoms with E-state index in [-0.39, 0.29) is 0 Å². The second-order valence-corrected chi connectivity index (χ2v) is 3.34. The summed E-state index contributed by atoms with van der Waals surface area (Å²) in [6.45, 7) is 4.82. The molecule has 5 heteroatoms. The van der Waals surface area contributed by atoms with E-state index in [1.165, 1.54) is 0 Å². The Hall–Kier alpha value is -1.91. The number of aryl methyl sites for hydroxylation is 1. The standard InChI is InChI=1S/C11H14N4O/c1-3-8-7-12-6-5-9(8)10-14-11(13-4-2)16-15-10/h5-7H,3-4H2,1-2H3,(H,13,14,15). The number of hydrogen-bond acceptors (Lipinski definition) is 5. The Labute approximate surface area is 93.9 Å². The fraction of sp³-hybridized carbons (Fsp3) is 0.364. The molecule has 0 radical (unpaired) electrons. The van der Waals surface area contributed by atoms with E-state index in [1.807, 2.05) is 19.2 Å². The SMILES string of the molecule is CCNc1nc(-c2ccncc2CC)no1. The summed E-state index contributed by atoms with van der Waals surface area (Å²) in [5.74, 6) is 0.607. The van der Waals surface area contributed by atoms with Crippen molar-refractivity contribution in [3.05, 3.63) is 24.0 Å². The lowest BCUT2D eigenvalue weighted by Gasteiger charge is -2.00. The van der Waals surface area contributed by atoms with Gasteiger partial charge >= 0.3 is 6.01 Å². The molecular formula is C11H14N4O. The number of pyridine rings is 1. The third-order valence-electron chi connectivity index (χ3n) is 2.28. The number of rotatable bonds is 4. The molecule has 0 aliphatic carbocycles. The Morgan fingerprint density at radius 1 is 1.38 bits per heavy atom. The van der Waals surface area contributed by atoms with E-state index in [9.17, 15) is 0 Å². The van der Waals surface area contributed by atoms with Gasteiger partial charge in [-0.2, -0.15) is 4.98 Å². The van der Waals surface area contributed by atoms with Crippen molar-refractivity contribution in [3.8, 4) is 11.4 Å². The van der Waals surface area contributed by atoms with Crippen molar-refractivity contribution in [2.45, 2.75) is 20.3 Å². The summed E-state index contributed by atoms with van der Waals surface area (Å²) in [6.07, 6.45) is 4.46. The average molecular weight is 218 g/mol. The van der Waals surface area contributed by atoms with Crippen LogP contribution in [-0.4, -0.2) is 21.7 Å². The smallest absolute Gasteiger partial charge is 0.321 e. The molecule has 5 nitrogen and oxygen atoms in total. The summed E-state index contributed by atoms with van der Waals surface area (Å²) in [5.41, 5.74) is 2.09. The van der Waals surface area contributed by atoms with Crippen molar-refractivity contribution < 1.29 is 4.52 Å². The van der Waals surface area contributed by atoms with Gasteiger partial charge in [-0.25, -0.2) is 0 Å². The molecule has 16 heavy (non-hydrogen) atoms. The maximum absolute atomic E-state index is 5.07. The Bertz CT molecular complexity index is 467. The molecule has 2 aromatic rings. The summed E-state index contributed by atoms with van der Waals surface area (Å²) >= 11 is 0. The molecule has 1 N–H and O–H groups in total. The zero-order valence-corrected chi connectivity index (χ0v) is 9.40. The lowest BCUT2D eigenvalue weighted by Crippen LogP contribution is -1.96. The first-order chi connectivity index (χ1) is 7.85. The number of hydrogen-bond donors (Lipinski definition) is 1. The van der Waals surface area contributed by atoms with Gasteiger partial charge in [0.2, 0.25) is 5.82 Å². The lowest BCUT2D eigenvalue weighted by molar-refractivity contribution is 0.432. The Morgan fingerprint density at radius 2 is 2.25 bits per heavy atom. The molecule has 0 unspecified atom stereocenters. The molecule has 0 aliphatic rings. The fourth-order valence-corrected chi connectivity index (χ4v) is 1.48. The van der Waals surface area contributed by atoms with Gasteiger partial charge in [0.05, 0.1) is 0 Å². The van der Waals surface area contributed by atoms with Gasteiger partial charge < -0.3 is 9.84 Å². The normalized spacial score (nSPS) is 10.4. The predicted octanol–water partition coefficient (Wildman–Crippen LogP) is 2.13. The molecule has 0 spiro atoms. The van der Waals surface area contributed by atoms with Crippen LogP contribution in [0, 0.1) is 0 Å². The summed E-state index contributed by atoms with van der Waals surface area (Å²) in [6, 6.07) is 2.36. The maximum Gasteiger partial charge on any atom is 0.321 e.